The Morgan fingerprint density at radius 1 is 1.33 bits per heavy atom. The van der Waals surface area contributed by atoms with E-state index in [-0.39, 0.29) is 5.11 Å². The molecule has 1 heterocycles. The van der Waals surface area contributed by atoms with Crippen molar-refractivity contribution in [1.29, 1.82) is 0 Å². The summed E-state index contributed by atoms with van der Waals surface area (Å²) in [6, 6.07) is -0.670. The van der Waals surface area contributed by atoms with Gasteiger partial charge in [-0.3, -0.25) is 25.2 Å². The van der Waals surface area contributed by atoms with Crippen LogP contribution in [-0.2, 0) is 14.4 Å². The van der Waals surface area contributed by atoms with Crippen LogP contribution < -0.4 is 16.6 Å². The number of ketones is 1. The third-order valence-electron chi connectivity index (χ3n) is 3.82. The van der Waals surface area contributed by atoms with Crippen LogP contribution in [0.5, 0.6) is 0 Å². The topological polar surface area (TPSA) is 105 Å². The summed E-state index contributed by atoms with van der Waals surface area (Å²) in [5.74, 6) is -1.49. The Morgan fingerprint density at radius 3 is 2.48 bits per heavy atom. The van der Waals surface area contributed by atoms with Gasteiger partial charge < -0.3 is 10.6 Å². The summed E-state index contributed by atoms with van der Waals surface area (Å²) in [4.78, 5) is 37.9. The number of nitrogens with two attached hydrogens (primary N) is 1. The number of carbonyl (C=O) groups excluding carboxylic acids is 3. The van der Waals surface area contributed by atoms with Gasteiger partial charge in [0.15, 0.2) is 5.11 Å². The number of amides is 2. The molecule has 21 heavy (non-hydrogen) atoms. The van der Waals surface area contributed by atoms with E-state index in [1.54, 1.807) is 13.8 Å². The van der Waals surface area contributed by atoms with Crippen molar-refractivity contribution < 1.29 is 14.4 Å². The van der Waals surface area contributed by atoms with E-state index in [1.807, 2.05) is 6.92 Å². The number of rotatable bonds is 4. The number of hydrogen-bond acceptors (Lipinski definition) is 4. The molecule has 0 aromatic carbocycles. The molecule has 1 rings (SSSR count). The Morgan fingerprint density at radius 2 is 1.95 bits per heavy atom. The summed E-state index contributed by atoms with van der Waals surface area (Å²) < 4.78 is 0. The molecule has 0 aliphatic carbocycles. The first-order valence-corrected chi connectivity index (χ1v) is 7.32. The second kappa shape index (κ2) is 6.84. The van der Waals surface area contributed by atoms with Crippen molar-refractivity contribution >= 4 is 34.9 Å². The van der Waals surface area contributed by atoms with Gasteiger partial charge in [-0.2, -0.15) is 0 Å². The van der Waals surface area contributed by atoms with Gasteiger partial charge in [-0.15, -0.1) is 0 Å². The van der Waals surface area contributed by atoms with Gasteiger partial charge in [0.25, 0.3) is 11.8 Å². The second-order valence-electron chi connectivity index (χ2n) is 5.70. The molecule has 0 saturated carbocycles. The fourth-order valence-electron chi connectivity index (χ4n) is 2.07. The van der Waals surface area contributed by atoms with E-state index in [0.717, 1.165) is 0 Å². The third-order valence-corrected chi connectivity index (χ3v) is 3.92. The lowest BCUT2D eigenvalue weighted by molar-refractivity contribution is -0.151. The lowest BCUT2D eigenvalue weighted by Gasteiger charge is -2.27. The molecule has 0 spiro atoms. The maximum absolute atomic E-state index is 12.3. The van der Waals surface area contributed by atoms with Gasteiger partial charge in [-0.1, -0.05) is 20.8 Å². The molecule has 118 valence electrons. The smallest absolute Gasteiger partial charge is 0.291 e. The maximum Gasteiger partial charge on any atom is 0.291 e. The lowest BCUT2D eigenvalue weighted by Crippen LogP contribution is -2.54. The molecule has 1 atom stereocenters. The first-order valence-electron chi connectivity index (χ1n) is 6.91. The van der Waals surface area contributed by atoms with E-state index < -0.39 is 29.1 Å². The molecule has 1 fully saturated rings. The van der Waals surface area contributed by atoms with Gasteiger partial charge >= 0.3 is 0 Å². The molecule has 0 radical (unpaired) electrons. The molecule has 0 aromatic rings. The highest BCUT2D eigenvalue weighted by molar-refractivity contribution is 7.80. The van der Waals surface area contributed by atoms with Crippen LogP contribution in [0.4, 0.5) is 0 Å². The molecule has 7 nitrogen and oxygen atoms in total. The van der Waals surface area contributed by atoms with E-state index in [9.17, 15) is 14.4 Å². The van der Waals surface area contributed by atoms with Gasteiger partial charge in [0, 0.05) is 12.0 Å². The Hall–Kier alpha value is -1.70. The summed E-state index contributed by atoms with van der Waals surface area (Å²) in [5.41, 5.74) is 9.18. The number of hydrazine groups is 1. The number of nitrogens with zero attached hydrogens (tertiary/aromatic N) is 1. The van der Waals surface area contributed by atoms with E-state index >= 15 is 0 Å². The van der Waals surface area contributed by atoms with E-state index in [4.69, 9.17) is 5.73 Å². The highest BCUT2D eigenvalue weighted by Crippen LogP contribution is 2.25. The van der Waals surface area contributed by atoms with Crippen LogP contribution in [0.1, 0.15) is 40.0 Å². The summed E-state index contributed by atoms with van der Waals surface area (Å²) in [7, 11) is 0. The minimum absolute atomic E-state index is 0.0672. The molecule has 1 unspecified atom stereocenters. The average molecular weight is 314 g/mol. The zero-order valence-electron chi connectivity index (χ0n) is 12.6. The summed E-state index contributed by atoms with van der Waals surface area (Å²) in [6.07, 6.45) is 1.75. The van der Waals surface area contributed by atoms with Crippen molar-refractivity contribution in [1.82, 2.24) is 15.8 Å². The van der Waals surface area contributed by atoms with Crippen molar-refractivity contribution in [2.45, 2.75) is 46.1 Å². The lowest BCUT2D eigenvalue weighted by atomic mass is 9.84. The third kappa shape index (κ3) is 4.13. The van der Waals surface area contributed by atoms with Gasteiger partial charge in [0.2, 0.25) is 5.78 Å². The number of hydrogen-bond donors (Lipinski definition) is 3. The van der Waals surface area contributed by atoms with Crippen LogP contribution >= 0.6 is 12.2 Å². The number of Topliss-reactive ketones (excluding diaryl/α,β-unsaturated/α-hetero) is 1. The quantitative estimate of drug-likeness (QED) is 0.379. The van der Waals surface area contributed by atoms with E-state index in [2.05, 4.69) is 23.1 Å². The highest BCUT2D eigenvalue weighted by atomic mass is 32.1. The number of nitrogens with one attached hydrogen (secondary N) is 2. The predicted molar refractivity (Wildman–Crippen MR) is 81.9 cm³/mol. The fourth-order valence-corrected chi connectivity index (χ4v) is 2.12. The first kappa shape index (κ1) is 17.4. The molecular formula is C13H22N4O3S. The predicted octanol–water partition coefficient (Wildman–Crippen LogP) is -0.153. The summed E-state index contributed by atoms with van der Waals surface area (Å²) >= 11 is 4.59. The van der Waals surface area contributed by atoms with Crippen LogP contribution in [-0.4, -0.2) is 40.2 Å². The Bertz CT molecular complexity index is 464. The molecule has 2 amide bonds. The molecule has 0 bridgehead atoms. The SMILES string of the molecule is CCC(C)(C)C(=O)C(=O)N1CCCC1C(=O)NNC(N)=S. The Balaban J connectivity index is 2.77. The molecule has 8 heteroatoms. The van der Waals surface area contributed by atoms with Crippen LogP contribution in [0.15, 0.2) is 0 Å². The van der Waals surface area contributed by atoms with E-state index in [0.29, 0.717) is 25.8 Å². The zero-order chi connectivity index (χ0) is 16.2. The molecule has 1 aliphatic rings. The normalized spacial score (nSPS) is 18.2. The van der Waals surface area contributed by atoms with Crippen molar-refractivity contribution in [2.75, 3.05) is 6.54 Å². The second-order valence-corrected chi connectivity index (χ2v) is 6.14. The highest BCUT2D eigenvalue weighted by Gasteiger charge is 2.41. The van der Waals surface area contributed by atoms with Crippen molar-refractivity contribution in [2.24, 2.45) is 11.1 Å². The van der Waals surface area contributed by atoms with Crippen molar-refractivity contribution in [3.05, 3.63) is 0 Å². The zero-order valence-corrected chi connectivity index (χ0v) is 13.4. The monoisotopic (exact) mass is 314 g/mol. The molecule has 4 N–H and O–H groups in total. The Kier molecular flexibility index (Phi) is 5.65. The molecule has 1 aliphatic heterocycles. The van der Waals surface area contributed by atoms with Crippen molar-refractivity contribution in [3.63, 3.8) is 0 Å². The number of thiocarbonyl (C=S) groups is 1. The fraction of sp³-hybridized carbons (Fsp3) is 0.692. The van der Waals surface area contributed by atoms with Gasteiger partial charge in [-0.05, 0) is 31.5 Å². The number of carbonyl (C=O) groups is 3. The molecular weight excluding hydrogens is 292 g/mol. The standard InChI is InChI=1S/C13H22N4O3S/c1-4-13(2,3)9(18)11(20)17-7-5-6-8(17)10(19)15-16-12(14)21/h8H,4-7H2,1-3H3,(H,15,19)(H3,14,16,21). The van der Waals surface area contributed by atoms with Crippen LogP contribution in [0, 0.1) is 5.41 Å². The van der Waals surface area contributed by atoms with E-state index in [1.165, 1.54) is 4.90 Å². The van der Waals surface area contributed by atoms with Crippen LogP contribution in [0.25, 0.3) is 0 Å². The maximum atomic E-state index is 12.3. The summed E-state index contributed by atoms with van der Waals surface area (Å²) in [6.45, 7) is 5.71. The largest absolute Gasteiger partial charge is 0.375 e. The van der Waals surface area contributed by atoms with Crippen LogP contribution in [0.3, 0.4) is 0 Å². The minimum atomic E-state index is -0.724. The average Bonchev–Trinajstić information content (AvgIpc) is 2.92. The molecule has 1 saturated heterocycles. The van der Waals surface area contributed by atoms with Gasteiger partial charge in [0.1, 0.15) is 6.04 Å². The Labute approximate surface area is 129 Å². The summed E-state index contributed by atoms with van der Waals surface area (Å²) in [5, 5.41) is -0.0672. The molecule has 0 aromatic heterocycles. The van der Waals surface area contributed by atoms with Gasteiger partial charge in [-0.25, -0.2) is 0 Å². The van der Waals surface area contributed by atoms with Gasteiger partial charge in [0.05, 0.1) is 0 Å². The van der Waals surface area contributed by atoms with Crippen LogP contribution in [0.2, 0.25) is 0 Å². The number of likely N-dealkylation sites (tertiary alicyclic amines) is 1. The first-order chi connectivity index (χ1) is 9.70. The minimum Gasteiger partial charge on any atom is -0.375 e. The van der Waals surface area contributed by atoms with Crippen molar-refractivity contribution in [3.8, 4) is 0 Å².